The molecule has 2 aromatic carbocycles. The van der Waals surface area contributed by atoms with Crippen LogP contribution in [0.25, 0.3) is 0 Å². The molecule has 0 saturated carbocycles. The molecular formula is C18H18ClFN2S. The average Bonchev–Trinajstić information content (AvgIpc) is 2.72. The minimum atomic E-state index is -0.159. The first-order valence-electron chi connectivity index (χ1n) is 7.91. The molecule has 5 heteroatoms. The Morgan fingerprint density at radius 3 is 2.74 bits per heavy atom. The van der Waals surface area contributed by atoms with Gasteiger partial charge < -0.3 is 5.32 Å². The summed E-state index contributed by atoms with van der Waals surface area (Å²) in [6.07, 6.45) is 0.899. The van der Waals surface area contributed by atoms with Crippen LogP contribution in [0.1, 0.15) is 17.2 Å². The predicted molar refractivity (Wildman–Crippen MR) is 92.9 cm³/mol. The van der Waals surface area contributed by atoms with Gasteiger partial charge in [-0.25, -0.2) is 4.39 Å². The second-order valence-electron chi connectivity index (χ2n) is 6.04. The summed E-state index contributed by atoms with van der Waals surface area (Å²) in [5.41, 5.74) is 2.39. The van der Waals surface area contributed by atoms with Gasteiger partial charge in [0.1, 0.15) is 5.82 Å². The summed E-state index contributed by atoms with van der Waals surface area (Å²) < 4.78 is 13.9. The number of fused-ring (bicyclic) bond motifs is 2. The molecule has 2 aromatic rings. The fourth-order valence-electron chi connectivity index (χ4n) is 3.42. The number of nitrogens with one attached hydrogen (secondary N) is 1. The van der Waals surface area contributed by atoms with Gasteiger partial charge in [-0.3, -0.25) is 4.90 Å². The summed E-state index contributed by atoms with van der Waals surface area (Å²) in [5.74, 6) is -0.159. The number of hydrogen-bond donors (Lipinski definition) is 1. The van der Waals surface area contributed by atoms with Crippen molar-refractivity contribution < 1.29 is 4.39 Å². The van der Waals surface area contributed by atoms with E-state index in [4.69, 9.17) is 11.6 Å². The molecule has 2 aliphatic heterocycles. The number of nitrogens with zero attached hydrogens (tertiary/aromatic N) is 1. The van der Waals surface area contributed by atoms with Crippen LogP contribution < -0.4 is 5.32 Å². The van der Waals surface area contributed by atoms with Gasteiger partial charge in [-0.15, -0.1) is 0 Å². The van der Waals surface area contributed by atoms with E-state index in [0.29, 0.717) is 0 Å². The van der Waals surface area contributed by atoms with Crippen molar-refractivity contribution in [1.29, 1.82) is 0 Å². The molecule has 4 rings (SSSR count). The molecule has 0 amide bonds. The summed E-state index contributed by atoms with van der Waals surface area (Å²) in [6, 6.07) is 11.5. The van der Waals surface area contributed by atoms with Crippen LogP contribution in [0.3, 0.4) is 0 Å². The zero-order valence-electron chi connectivity index (χ0n) is 12.7. The predicted octanol–water partition coefficient (Wildman–Crippen LogP) is 4.13. The summed E-state index contributed by atoms with van der Waals surface area (Å²) in [5, 5.41) is 4.14. The van der Waals surface area contributed by atoms with Crippen LogP contribution in [0.2, 0.25) is 5.02 Å². The molecule has 1 unspecified atom stereocenters. The van der Waals surface area contributed by atoms with E-state index in [2.05, 4.69) is 16.3 Å². The minimum Gasteiger partial charge on any atom is -0.314 e. The summed E-state index contributed by atoms with van der Waals surface area (Å²) in [7, 11) is 0. The van der Waals surface area contributed by atoms with Gasteiger partial charge >= 0.3 is 0 Å². The molecule has 0 spiro atoms. The Bertz CT molecular complexity index is 731. The minimum absolute atomic E-state index is 0.159. The molecule has 1 N–H and O–H groups in total. The van der Waals surface area contributed by atoms with Crippen molar-refractivity contribution in [3.63, 3.8) is 0 Å². The SMILES string of the molecule is Fc1ccc2c(c1)C(N1CCNCC1)Cc1ccc(Cl)cc1S2. The van der Waals surface area contributed by atoms with E-state index in [9.17, 15) is 4.39 Å². The van der Waals surface area contributed by atoms with Crippen molar-refractivity contribution >= 4 is 23.4 Å². The van der Waals surface area contributed by atoms with Gasteiger partial charge in [-0.2, -0.15) is 0 Å². The normalized spacial score (nSPS) is 21.4. The third kappa shape index (κ3) is 3.13. The number of piperazine rings is 1. The van der Waals surface area contributed by atoms with Crippen LogP contribution in [0, 0.1) is 5.82 Å². The molecule has 0 aromatic heterocycles. The highest BCUT2D eigenvalue weighted by molar-refractivity contribution is 7.99. The maximum Gasteiger partial charge on any atom is 0.123 e. The summed E-state index contributed by atoms with van der Waals surface area (Å²) >= 11 is 7.88. The number of halogens is 2. The van der Waals surface area contributed by atoms with Crippen LogP contribution in [-0.2, 0) is 6.42 Å². The van der Waals surface area contributed by atoms with E-state index in [1.807, 2.05) is 18.2 Å². The van der Waals surface area contributed by atoms with Crippen molar-refractivity contribution in [2.45, 2.75) is 22.3 Å². The third-order valence-corrected chi connectivity index (χ3v) is 6.01. The van der Waals surface area contributed by atoms with E-state index in [1.165, 1.54) is 10.5 Å². The van der Waals surface area contributed by atoms with Crippen LogP contribution in [0.4, 0.5) is 4.39 Å². The molecule has 1 atom stereocenters. The van der Waals surface area contributed by atoms with E-state index < -0.39 is 0 Å². The second-order valence-corrected chi connectivity index (χ2v) is 7.56. The van der Waals surface area contributed by atoms with Crippen molar-refractivity contribution in [3.05, 3.63) is 58.4 Å². The highest BCUT2D eigenvalue weighted by Gasteiger charge is 2.28. The molecule has 2 aliphatic rings. The fourth-order valence-corrected chi connectivity index (χ4v) is 4.81. The lowest BCUT2D eigenvalue weighted by molar-refractivity contribution is 0.170. The zero-order chi connectivity index (χ0) is 15.8. The Kier molecular flexibility index (Phi) is 4.33. The summed E-state index contributed by atoms with van der Waals surface area (Å²) in [6.45, 7) is 3.96. The molecule has 0 radical (unpaired) electrons. The second kappa shape index (κ2) is 6.44. The quantitative estimate of drug-likeness (QED) is 0.834. The van der Waals surface area contributed by atoms with Crippen LogP contribution in [-0.4, -0.2) is 31.1 Å². The molecule has 1 fully saturated rings. The van der Waals surface area contributed by atoms with Gasteiger partial charge in [-0.05, 0) is 47.9 Å². The fraction of sp³-hybridized carbons (Fsp3) is 0.333. The number of benzene rings is 2. The smallest absolute Gasteiger partial charge is 0.123 e. The van der Waals surface area contributed by atoms with Crippen LogP contribution in [0.15, 0.2) is 46.2 Å². The van der Waals surface area contributed by atoms with Gasteiger partial charge in [0.15, 0.2) is 0 Å². The van der Waals surface area contributed by atoms with Gasteiger partial charge in [0.05, 0.1) is 0 Å². The van der Waals surface area contributed by atoms with Crippen molar-refractivity contribution in [2.75, 3.05) is 26.2 Å². The summed E-state index contributed by atoms with van der Waals surface area (Å²) in [4.78, 5) is 4.79. The molecule has 0 aliphatic carbocycles. The Morgan fingerprint density at radius 1 is 1.09 bits per heavy atom. The standard InChI is InChI=1S/C18H18ClFN2S/c19-13-2-1-12-9-16(22-7-5-21-6-8-22)15-11-14(20)3-4-17(15)23-18(12)10-13/h1-4,10-11,16,21H,5-9H2. The number of rotatable bonds is 1. The van der Waals surface area contributed by atoms with Crippen molar-refractivity contribution in [3.8, 4) is 0 Å². The maximum atomic E-state index is 13.9. The van der Waals surface area contributed by atoms with Crippen molar-refractivity contribution in [1.82, 2.24) is 10.2 Å². The maximum absolute atomic E-state index is 13.9. The molecule has 120 valence electrons. The largest absolute Gasteiger partial charge is 0.314 e. The molecular weight excluding hydrogens is 331 g/mol. The monoisotopic (exact) mass is 348 g/mol. The molecule has 0 bridgehead atoms. The van der Waals surface area contributed by atoms with Gasteiger partial charge in [-0.1, -0.05) is 29.4 Å². The Labute approximate surface area is 145 Å². The van der Waals surface area contributed by atoms with E-state index in [1.54, 1.807) is 23.9 Å². The third-order valence-electron chi connectivity index (χ3n) is 4.59. The lowest BCUT2D eigenvalue weighted by Crippen LogP contribution is -2.45. The molecule has 2 nitrogen and oxygen atoms in total. The average molecular weight is 349 g/mol. The van der Waals surface area contributed by atoms with Gasteiger partial charge in [0.25, 0.3) is 0 Å². The molecule has 1 saturated heterocycles. The Morgan fingerprint density at radius 2 is 1.91 bits per heavy atom. The highest BCUT2D eigenvalue weighted by atomic mass is 35.5. The van der Waals surface area contributed by atoms with Crippen LogP contribution in [0.5, 0.6) is 0 Å². The topological polar surface area (TPSA) is 15.3 Å². The first-order chi connectivity index (χ1) is 11.2. The lowest BCUT2D eigenvalue weighted by atomic mass is 9.96. The van der Waals surface area contributed by atoms with Crippen molar-refractivity contribution in [2.24, 2.45) is 0 Å². The molecule has 2 heterocycles. The van der Waals surface area contributed by atoms with E-state index in [-0.39, 0.29) is 11.9 Å². The zero-order valence-corrected chi connectivity index (χ0v) is 14.3. The highest BCUT2D eigenvalue weighted by Crippen LogP contribution is 2.43. The van der Waals surface area contributed by atoms with Gasteiger partial charge in [0, 0.05) is 47.0 Å². The van der Waals surface area contributed by atoms with Gasteiger partial charge in [0.2, 0.25) is 0 Å². The lowest BCUT2D eigenvalue weighted by Gasteiger charge is -2.35. The Balaban J connectivity index is 1.80. The first kappa shape index (κ1) is 15.5. The Hall–Kier alpha value is -1.07. The van der Waals surface area contributed by atoms with E-state index in [0.717, 1.165) is 48.1 Å². The first-order valence-corrected chi connectivity index (χ1v) is 9.10. The number of hydrogen-bond acceptors (Lipinski definition) is 3. The molecule has 23 heavy (non-hydrogen) atoms. The van der Waals surface area contributed by atoms with Crippen LogP contribution >= 0.6 is 23.4 Å². The van der Waals surface area contributed by atoms with E-state index >= 15 is 0 Å².